The number of aryl methyl sites for hydroxylation is 1. The highest BCUT2D eigenvalue weighted by Gasteiger charge is 2.16. The zero-order valence-corrected chi connectivity index (χ0v) is 10.2. The molecular formula is C11H15NO2S. The maximum atomic E-state index is 11.5. The summed E-state index contributed by atoms with van der Waals surface area (Å²) in [4.78, 5) is 23.4. The lowest BCUT2D eigenvalue weighted by atomic mass is 10.2. The molecule has 0 atom stereocenters. The number of Topliss-reactive ketones (excluding diaryl/α,β-unsaturated/α-hetero) is 1. The first-order chi connectivity index (χ1) is 6.93. The molecule has 4 heteroatoms. The van der Waals surface area contributed by atoms with Gasteiger partial charge in [-0.2, -0.15) is 0 Å². The molecule has 0 unspecified atom stereocenters. The van der Waals surface area contributed by atoms with E-state index >= 15 is 0 Å². The summed E-state index contributed by atoms with van der Waals surface area (Å²) in [7, 11) is 0. The number of amides is 1. The fourth-order valence-corrected chi connectivity index (χ4v) is 2.03. The third kappa shape index (κ3) is 2.65. The van der Waals surface area contributed by atoms with Crippen molar-refractivity contribution in [2.45, 2.75) is 27.7 Å². The van der Waals surface area contributed by atoms with Crippen molar-refractivity contribution in [2.75, 3.05) is 5.32 Å². The fraction of sp³-hybridized carbons (Fsp3) is 0.455. The van der Waals surface area contributed by atoms with Gasteiger partial charge in [-0.05, 0) is 17.9 Å². The number of carbonyl (C=O) groups is 2. The van der Waals surface area contributed by atoms with Crippen molar-refractivity contribution >= 4 is 28.7 Å². The maximum Gasteiger partial charge on any atom is 0.226 e. The molecule has 0 aliphatic carbocycles. The summed E-state index contributed by atoms with van der Waals surface area (Å²) in [5.41, 5.74) is 1.62. The summed E-state index contributed by atoms with van der Waals surface area (Å²) in [5, 5.41) is 4.67. The molecule has 1 rings (SSSR count). The largest absolute Gasteiger partial charge is 0.324 e. The Morgan fingerprint density at radius 1 is 1.40 bits per heavy atom. The van der Waals surface area contributed by atoms with Crippen LogP contribution in [0.5, 0.6) is 0 Å². The Labute approximate surface area is 93.5 Å². The van der Waals surface area contributed by atoms with Crippen molar-refractivity contribution < 1.29 is 9.59 Å². The molecule has 0 saturated heterocycles. The van der Waals surface area contributed by atoms with Crippen LogP contribution in [0.15, 0.2) is 5.38 Å². The maximum absolute atomic E-state index is 11.5. The van der Waals surface area contributed by atoms with E-state index in [1.165, 1.54) is 18.3 Å². The van der Waals surface area contributed by atoms with Gasteiger partial charge in [-0.1, -0.05) is 13.8 Å². The van der Waals surface area contributed by atoms with Crippen LogP contribution in [0, 0.1) is 12.8 Å². The molecule has 0 fully saturated rings. The van der Waals surface area contributed by atoms with Gasteiger partial charge in [0.2, 0.25) is 5.91 Å². The lowest BCUT2D eigenvalue weighted by Gasteiger charge is -2.08. The molecule has 0 radical (unpaired) electrons. The van der Waals surface area contributed by atoms with Crippen LogP contribution in [0.4, 0.5) is 5.69 Å². The molecule has 1 aromatic heterocycles. The summed E-state index contributed by atoms with van der Waals surface area (Å²) in [6.45, 7) is 7.05. The second kappa shape index (κ2) is 4.57. The minimum absolute atomic E-state index is 0.00726. The van der Waals surface area contributed by atoms with Crippen molar-refractivity contribution in [3.05, 3.63) is 15.8 Å². The molecule has 0 aliphatic heterocycles. The molecule has 0 aromatic carbocycles. The smallest absolute Gasteiger partial charge is 0.226 e. The Morgan fingerprint density at radius 2 is 2.00 bits per heavy atom. The number of nitrogens with one attached hydrogen (secondary N) is 1. The van der Waals surface area contributed by atoms with E-state index in [1.54, 1.807) is 0 Å². The summed E-state index contributed by atoms with van der Waals surface area (Å²) >= 11 is 1.37. The van der Waals surface area contributed by atoms with Crippen LogP contribution in [0.2, 0.25) is 0 Å². The lowest BCUT2D eigenvalue weighted by Crippen LogP contribution is -2.19. The van der Waals surface area contributed by atoms with E-state index in [9.17, 15) is 9.59 Å². The average molecular weight is 225 g/mol. The van der Waals surface area contributed by atoms with Gasteiger partial charge in [0.05, 0.1) is 10.6 Å². The Hall–Kier alpha value is -1.16. The topological polar surface area (TPSA) is 46.2 Å². The van der Waals surface area contributed by atoms with Crippen molar-refractivity contribution in [3.8, 4) is 0 Å². The Morgan fingerprint density at radius 3 is 2.47 bits per heavy atom. The van der Waals surface area contributed by atoms with Crippen LogP contribution in [-0.2, 0) is 4.79 Å². The minimum Gasteiger partial charge on any atom is -0.324 e. The average Bonchev–Trinajstić information content (AvgIpc) is 2.48. The second-order valence-electron chi connectivity index (χ2n) is 3.82. The Kier molecular flexibility index (Phi) is 3.63. The number of carbonyl (C=O) groups excluding carboxylic acids is 2. The molecule has 0 spiro atoms. The highest BCUT2D eigenvalue weighted by molar-refractivity contribution is 7.13. The molecule has 0 saturated carbocycles. The number of hydrogen-bond acceptors (Lipinski definition) is 3. The van der Waals surface area contributed by atoms with Crippen molar-refractivity contribution in [1.82, 2.24) is 0 Å². The van der Waals surface area contributed by atoms with Gasteiger partial charge >= 0.3 is 0 Å². The number of rotatable bonds is 3. The first kappa shape index (κ1) is 11.9. The molecule has 3 nitrogen and oxygen atoms in total. The van der Waals surface area contributed by atoms with E-state index in [2.05, 4.69) is 5.32 Å². The molecule has 1 N–H and O–H groups in total. The monoisotopic (exact) mass is 225 g/mol. The predicted molar refractivity (Wildman–Crippen MR) is 62.5 cm³/mol. The zero-order chi connectivity index (χ0) is 11.6. The van der Waals surface area contributed by atoms with Crippen LogP contribution in [-0.4, -0.2) is 11.7 Å². The highest BCUT2D eigenvalue weighted by atomic mass is 32.1. The third-order valence-corrected chi connectivity index (χ3v) is 3.27. The Balaban J connectivity index is 2.98. The number of thiophene rings is 1. The van der Waals surface area contributed by atoms with E-state index < -0.39 is 0 Å². The standard InChI is InChI=1S/C11H15NO2S/c1-6(2)11(14)12-9-7(3)5-15-10(9)8(4)13/h5-6H,1-4H3,(H,12,14). The van der Waals surface area contributed by atoms with E-state index in [0.29, 0.717) is 10.6 Å². The molecule has 0 bridgehead atoms. The summed E-state index contributed by atoms with van der Waals surface area (Å²) in [6.07, 6.45) is 0. The molecule has 1 aromatic rings. The SMILES string of the molecule is CC(=O)c1scc(C)c1NC(=O)C(C)C. The number of hydrogen-bond donors (Lipinski definition) is 1. The summed E-state index contributed by atoms with van der Waals surface area (Å²) < 4.78 is 0. The van der Waals surface area contributed by atoms with Crippen molar-refractivity contribution in [1.29, 1.82) is 0 Å². The number of ketones is 1. The van der Waals surface area contributed by atoms with Gasteiger partial charge in [0.15, 0.2) is 5.78 Å². The van der Waals surface area contributed by atoms with Gasteiger partial charge in [0.25, 0.3) is 0 Å². The van der Waals surface area contributed by atoms with Gasteiger partial charge in [-0.15, -0.1) is 11.3 Å². The predicted octanol–water partition coefficient (Wildman–Crippen LogP) is 2.85. The van der Waals surface area contributed by atoms with Crippen LogP contribution in [0.25, 0.3) is 0 Å². The minimum atomic E-state index is -0.0795. The first-order valence-corrected chi connectivity index (χ1v) is 5.71. The van der Waals surface area contributed by atoms with Crippen molar-refractivity contribution in [3.63, 3.8) is 0 Å². The molecule has 1 heterocycles. The molecule has 0 aliphatic rings. The van der Waals surface area contributed by atoms with Gasteiger partial charge in [0, 0.05) is 12.8 Å². The molecule has 1 amide bonds. The van der Waals surface area contributed by atoms with E-state index in [4.69, 9.17) is 0 Å². The first-order valence-electron chi connectivity index (χ1n) is 4.83. The van der Waals surface area contributed by atoms with Gasteiger partial charge in [0.1, 0.15) is 0 Å². The fourth-order valence-electron chi connectivity index (χ4n) is 1.13. The van der Waals surface area contributed by atoms with Crippen LogP contribution >= 0.6 is 11.3 Å². The van der Waals surface area contributed by atoms with E-state index in [-0.39, 0.29) is 17.6 Å². The van der Waals surface area contributed by atoms with Gasteiger partial charge < -0.3 is 5.32 Å². The lowest BCUT2D eigenvalue weighted by molar-refractivity contribution is -0.118. The van der Waals surface area contributed by atoms with E-state index in [0.717, 1.165) is 5.56 Å². The normalized spacial score (nSPS) is 10.5. The highest BCUT2D eigenvalue weighted by Crippen LogP contribution is 2.28. The van der Waals surface area contributed by atoms with Crippen LogP contribution in [0.1, 0.15) is 36.0 Å². The zero-order valence-electron chi connectivity index (χ0n) is 9.38. The summed E-state index contributed by atoms with van der Waals surface area (Å²) in [5.74, 6) is -0.143. The van der Waals surface area contributed by atoms with Gasteiger partial charge in [-0.25, -0.2) is 0 Å². The quantitative estimate of drug-likeness (QED) is 0.804. The molecular weight excluding hydrogens is 210 g/mol. The van der Waals surface area contributed by atoms with Crippen LogP contribution in [0.3, 0.4) is 0 Å². The second-order valence-corrected chi connectivity index (χ2v) is 4.70. The van der Waals surface area contributed by atoms with Gasteiger partial charge in [-0.3, -0.25) is 9.59 Å². The van der Waals surface area contributed by atoms with Crippen molar-refractivity contribution in [2.24, 2.45) is 5.92 Å². The molecule has 82 valence electrons. The number of anilines is 1. The van der Waals surface area contributed by atoms with Crippen LogP contribution < -0.4 is 5.32 Å². The Bertz CT molecular complexity index is 393. The molecule has 15 heavy (non-hydrogen) atoms. The third-order valence-electron chi connectivity index (χ3n) is 2.07. The summed E-state index contributed by atoms with van der Waals surface area (Å²) in [6, 6.07) is 0. The van der Waals surface area contributed by atoms with E-state index in [1.807, 2.05) is 26.2 Å².